The molecular formula is C16H16BrFN2O. The van der Waals surface area contributed by atoms with E-state index < -0.39 is 6.04 Å². The Balaban J connectivity index is 2.02. The van der Waals surface area contributed by atoms with Crippen LogP contribution in [0.2, 0.25) is 0 Å². The predicted molar refractivity (Wildman–Crippen MR) is 87.0 cm³/mol. The van der Waals surface area contributed by atoms with Crippen LogP contribution in [0.5, 0.6) is 0 Å². The monoisotopic (exact) mass is 350 g/mol. The van der Waals surface area contributed by atoms with Crippen molar-refractivity contribution in [1.29, 1.82) is 0 Å². The number of rotatable bonds is 4. The Morgan fingerprint density at radius 2 is 1.86 bits per heavy atom. The summed E-state index contributed by atoms with van der Waals surface area (Å²) in [5.41, 5.74) is 2.40. The van der Waals surface area contributed by atoms with E-state index in [1.807, 2.05) is 31.2 Å². The maximum atomic E-state index is 13.2. The second kappa shape index (κ2) is 6.72. The van der Waals surface area contributed by atoms with Crippen LogP contribution in [-0.2, 0) is 4.79 Å². The number of halogens is 2. The molecule has 3 nitrogen and oxygen atoms in total. The third-order valence-corrected chi connectivity index (χ3v) is 3.70. The van der Waals surface area contributed by atoms with E-state index in [0.717, 1.165) is 11.3 Å². The molecule has 0 radical (unpaired) electrons. The van der Waals surface area contributed by atoms with Gasteiger partial charge in [0.1, 0.15) is 11.9 Å². The minimum Gasteiger partial charge on any atom is -0.373 e. The number of amides is 1. The van der Waals surface area contributed by atoms with Crippen molar-refractivity contribution in [2.45, 2.75) is 19.9 Å². The number of nitrogens with one attached hydrogen (secondary N) is 2. The quantitative estimate of drug-likeness (QED) is 0.861. The maximum absolute atomic E-state index is 13.2. The van der Waals surface area contributed by atoms with Crippen LogP contribution in [0.25, 0.3) is 0 Å². The molecule has 1 unspecified atom stereocenters. The van der Waals surface area contributed by atoms with Gasteiger partial charge in [0.2, 0.25) is 5.91 Å². The molecule has 21 heavy (non-hydrogen) atoms. The van der Waals surface area contributed by atoms with Crippen LogP contribution in [0.15, 0.2) is 46.9 Å². The summed E-state index contributed by atoms with van der Waals surface area (Å²) >= 11 is 3.32. The summed E-state index contributed by atoms with van der Waals surface area (Å²) in [6.45, 7) is 3.71. The Morgan fingerprint density at radius 3 is 2.52 bits per heavy atom. The minimum atomic E-state index is -0.496. The van der Waals surface area contributed by atoms with Crippen molar-refractivity contribution in [2.75, 3.05) is 10.6 Å². The van der Waals surface area contributed by atoms with Crippen molar-refractivity contribution in [3.63, 3.8) is 0 Å². The molecule has 1 amide bonds. The molecule has 0 aliphatic rings. The molecule has 1 atom stereocenters. The molecule has 0 fully saturated rings. The summed E-state index contributed by atoms with van der Waals surface area (Å²) in [7, 11) is 0. The van der Waals surface area contributed by atoms with Crippen molar-refractivity contribution < 1.29 is 9.18 Å². The van der Waals surface area contributed by atoms with E-state index in [2.05, 4.69) is 26.6 Å². The number of hydrogen-bond acceptors (Lipinski definition) is 2. The molecule has 0 aliphatic heterocycles. The number of anilines is 2. The minimum absolute atomic E-state index is 0.185. The topological polar surface area (TPSA) is 41.1 Å². The normalized spacial score (nSPS) is 11.8. The Labute approximate surface area is 131 Å². The third kappa shape index (κ3) is 4.29. The summed E-state index contributed by atoms with van der Waals surface area (Å²) in [6, 6.07) is 11.3. The van der Waals surface area contributed by atoms with Gasteiger partial charge in [-0.3, -0.25) is 4.79 Å². The van der Waals surface area contributed by atoms with Crippen LogP contribution in [-0.4, -0.2) is 11.9 Å². The van der Waals surface area contributed by atoms with Crippen LogP contribution < -0.4 is 10.6 Å². The molecule has 0 spiro atoms. The van der Waals surface area contributed by atoms with Gasteiger partial charge in [0.05, 0.1) is 5.69 Å². The first-order chi connectivity index (χ1) is 9.95. The summed E-state index contributed by atoms with van der Waals surface area (Å²) < 4.78 is 13.9. The van der Waals surface area contributed by atoms with E-state index in [1.54, 1.807) is 13.0 Å². The fourth-order valence-electron chi connectivity index (χ4n) is 1.79. The van der Waals surface area contributed by atoms with Crippen molar-refractivity contribution in [1.82, 2.24) is 0 Å². The molecule has 2 aromatic carbocycles. The van der Waals surface area contributed by atoms with Gasteiger partial charge in [-0.25, -0.2) is 4.39 Å². The zero-order chi connectivity index (χ0) is 15.4. The van der Waals surface area contributed by atoms with Gasteiger partial charge in [-0.05, 0) is 60.1 Å². The first-order valence-corrected chi connectivity index (χ1v) is 7.34. The lowest BCUT2D eigenvalue weighted by atomic mass is 10.2. The van der Waals surface area contributed by atoms with Gasteiger partial charge in [-0.1, -0.05) is 17.7 Å². The summed E-state index contributed by atoms with van der Waals surface area (Å²) in [6.07, 6.45) is 0. The summed E-state index contributed by atoms with van der Waals surface area (Å²) in [5.74, 6) is -0.540. The Kier molecular flexibility index (Phi) is 4.96. The molecule has 2 N–H and O–H groups in total. The number of aryl methyl sites for hydroxylation is 1. The van der Waals surface area contributed by atoms with Crippen LogP contribution in [0.1, 0.15) is 12.5 Å². The van der Waals surface area contributed by atoms with Crippen molar-refractivity contribution in [3.05, 3.63) is 58.3 Å². The molecule has 0 saturated carbocycles. The van der Waals surface area contributed by atoms with Crippen LogP contribution in [0, 0.1) is 12.7 Å². The summed E-state index contributed by atoms with van der Waals surface area (Å²) in [5, 5.41) is 5.80. The maximum Gasteiger partial charge on any atom is 0.246 e. The fourth-order valence-corrected chi connectivity index (χ4v) is 2.16. The largest absolute Gasteiger partial charge is 0.373 e. The third-order valence-electron chi connectivity index (χ3n) is 3.01. The Hall–Kier alpha value is -1.88. The summed E-state index contributed by atoms with van der Waals surface area (Å²) in [4.78, 5) is 12.1. The highest BCUT2D eigenvalue weighted by atomic mass is 79.9. The molecule has 0 heterocycles. The van der Waals surface area contributed by atoms with Gasteiger partial charge < -0.3 is 10.6 Å². The molecule has 2 rings (SSSR count). The molecule has 0 aromatic heterocycles. The first-order valence-electron chi connectivity index (χ1n) is 6.55. The SMILES string of the molecule is Cc1ccc(NC(=O)C(C)Nc2cc(F)ccc2Br)cc1. The highest BCUT2D eigenvalue weighted by molar-refractivity contribution is 9.10. The Bertz CT molecular complexity index is 643. The number of hydrogen-bond donors (Lipinski definition) is 2. The van der Waals surface area contributed by atoms with E-state index in [-0.39, 0.29) is 11.7 Å². The first kappa shape index (κ1) is 15.5. The van der Waals surface area contributed by atoms with Crippen molar-refractivity contribution in [2.24, 2.45) is 0 Å². The highest BCUT2D eigenvalue weighted by Gasteiger charge is 2.14. The molecule has 0 bridgehead atoms. The van der Waals surface area contributed by atoms with Gasteiger partial charge in [0, 0.05) is 10.2 Å². The lowest BCUT2D eigenvalue weighted by Gasteiger charge is -2.16. The number of carbonyl (C=O) groups excluding carboxylic acids is 1. The fraction of sp³-hybridized carbons (Fsp3) is 0.188. The van der Waals surface area contributed by atoms with Gasteiger partial charge in [-0.15, -0.1) is 0 Å². The molecule has 0 aliphatic carbocycles. The standard InChI is InChI=1S/C16H16BrFN2O/c1-10-3-6-13(7-4-10)20-16(21)11(2)19-15-9-12(18)5-8-14(15)17/h3-9,11,19H,1-2H3,(H,20,21). The van der Waals surface area contributed by atoms with Gasteiger partial charge in [0.15, 0.2) is 0 Å². The molecule has 5 heteroatoms. The Morgan fingerprint density at radius 1 is 1.19 bits per heavy atom. The second-order valence-corrected chi connectivity index (χ2v) is 5.70. The zero-order valence-electron chi connectivity index (χ0n) is 11.8. The van der Waals surface area contributed by atoms with Crippen LogP contribution >= 0.6 is 15.9 Å². The zero-order valence-corrected chi connectivity index (χ0v) is 13.4. The van der Waals surface area contributed by atoms with E-state index in [9.17, 15) is 9.18 Å². The van der Waals surface area contributed by atoms with Gasteiger partial charge >= 0.3 is 0 Å². The van der Waals surface area contributed by atoms with E-state index in [0.29, 0.717) is 10.2 Å². The molecule has 2 aromatic rings. The van der Waals surface area contributed by atoms with Crippen molar-refractivity contribution in [3.8, 4) is 0 Å². The smallest absolute Gasteiger partial charge is 0.246 e. The molecule has 0 saturated heterocycles. The predicted octanol–water partition coefficient (Wildman–Crippen LogP) is 4.34. The van der Waals surface area contributed by atoms with E-state index in [1.165, 1.54) is 12.1 Å². The van der Waals surface area contributed by atoms with Crippen molar-refractivity contribution >= 4 is 33.2 Å². The highest BCUT2D eigenvalue weighted by Crippen LogP contribution is 2.24. The molecular weight excluding hydrogens is 335 g/mol. The number of benzene rings is 2. The van der Waals surface area contributed by atoms with Gasteiger partial charge in [-0.2, -0.15) is 0 Å². The second-order valence-electron chi connectivity index (χ2n) is 4.85. The van der Waals surface area contributed by atoms with E-state index >= 15 is 0 Å². The van der Waals surface area contributed by atoms with Crippen LogP contribution in [0.3, 0.4) is 0 Å². The average molecular weight is 351 g/mol. The lowest BCUT2D eigenvalue weighted by Crippen LogP contribution is -2.32. The lowest BCUT2D eigenvalue weighted by molar-refractivity contribution is -0.116. The number of carbonyl (C=O) groups is 1. The van der Waals surface area contributed by atoms with Gasteiger partial charge in [0.25, 0.3) is 0 Å². The average Bonchev–Trinajstić information content (AvgIpc) is 2.45. The van der Waals surface area contributed by atoms with Crippen LogP contribution in [0.4, 0.5) is 15.8 Å². The molecule has 110 valence electrons. The van der Waals surface area contributed by atoms with E-state index in [4.69, 9.17) is 0 Å².